The van der Waals surface area contributed by atoms with E-state index in [4.69, 9.17) is 16.3 Å². The highest BCUT2D eigenvalue weighted by molar-refractivity contribution is 6.32. The molecule has 0 saturated carbocycles. The Hall–Kier alpha value is -2.66. The van der Waals surface area contributed by atoms with Gasteiger partial charge in [0.15, 0.2) is 0 Å². The van der Waals surface area contributed by atoms with E-state index < -0.39 is 5.92 Å². The van der Waals surface area contributed by atoms with Gasteiger partial charge in [0.2, 0.25) is 0 Å². The number of halogens is 1. The second kappa shape index (κ2) is 6.84. The van der Waals surface area contributed by atoms with Crippen molar-refractivity contribution in [1.82, 2.24) is 0 Å². The van der Waals surface area contributed by atoms with Crippen LogP contribution in [0.15, 0.2) is 58.6 Å². The first-order valence-corrected chi connectivity index (χ1v) is 7.80. The summed E-state index contributed by atoms with van der Waals surface area (Å²) in [5.74, 6) is -0.0197. The maximum Gasteiger partial charge on any atom is 0.261 e. The van der Waals surface area contributed by atoms with Gasteiger partial charge in [-0.3, -0.25) is 9.79 Å². The molecule has 1 aliphatic heterocycles. The van der Waals surface area contributed by atoms with Crippen molar-refractivity contribution in [2.75, 3.05) is 12.1 Å². The molecule has 0 bridgehead atoms. The van der Waals surface area contributed by atoms with Crippen molar-refractivity contribution in [1.29, 1.82) is 0 Å². The van der Waals surface area contributed by atoms with Crippen molar-refractivity contribution < 1.29 is 9.53 Å². The Morgan fingerprint density at radius 2 is 2.00 bits per heavy atom. The molecule has 24 heavy (non-hydrogen) atoms. The Bertz CT molecular complexity index is 818. The van der Waals surface area contributed by atoms with Gasteiger partial charge in [-0.05, 0) is 37.3 Å². The lowest BCUT2D eigenvalue weighted by molar-refractivity contribution is -0.118. The second-order valence-corrected chi connectivity index (χ2v) is 5.71. The molecule has 5 nitrogen and oxygen atoms in total. The van der Waals surface area contributed by atoms with Gasteiger partial charge in [-0.15, -0.1) is 0 Å². The third-order valence-corrected chi connectivity index (χ3v) is 3.99. The van der Waals surface area contributed by atoms with Crippen molar-refractivity contribution in [2.45, 2.75) is 6.92 Å². The quantitative estimate of drug-likeness (QED) is 0.786. The van der Waals surface area contributed by atoms with Crippen molar-refractivity contribution in [3.63, 3.8) is 0 Å². The highest BCUT2D eigenvalue weighted by atomic mass is 35.5. The molecular formula is C18H16ClN3O2. The maximum absolute atomic E-state index is 12.6. The van der Waals surface area contributed by atoms with E-state index in [1.807, 2.05) is 37.3 Å². The zero-order valence-corrected chi connectivity index (χ0v) is 14.1. The van der Waals surface area contributed by atoms with Crippen molar-refractivity contribution >= 4 is 40.8 Å². The second-order valence-electron chi connectivity index (χ2n) is 5.30. The number of hydrogen-bond donors (Lipinski definition) is 0. The van der Waals surface area contributed by atoms with Crippen LogP contribution < -0.4 is 9.75 Å². The van der Waals surface area contributed by atoms with Gasteiger partial charge in [-0.1, -0.05) is 29.8 Å². The molecule has 0 fully saturated rings. The third-order valence-electron chi connectivity index (χ3n) is 3.69. The van der Waals surface area contributed by atoms with Crippen molar-refractivity contribution in [3.05, 3.63) is 53.6 Å². The number of para-hydroxylation sites is 1. The Labute approximate surface area is 145 Å². The van der Waals surface area contributed by atoms with Crippen LogP contribution in [0.25, 0.3) is 0 Å². The van der Waals surface area contributed by atoms with Crippen LogP contribution >= 0.6 is 11.6 Å². The van der Waals surface area contributed by atoms with Crippen LogP contribution in [0, 0.1) is 5.92 Å². The number of carbonyl (C=O) groups is 1. The number of methoxy groups -OCH3 is 1. The van der Waals surface area contributed by atoms with Gasteiger partial charge in [0, 0.05) is 6.21 Å². The Morgan fingerprint density at radius 1 is 1.25 bits per heavy atom. The molecule has 122 valence electrons. The summed E-state index contributed by atoms with van der Waals surface area (Å²) >= 11 is 6.09. The SMILES string of the molecule is COc1ccc(N=C[C@@H]2C(=O)N(c3ccccc3)N=C2C)cc1Cl. The highest BCUT2D eigenvalue weighted by Gasteiger charge is 2.33. The molecule has 0 unspecified atom stereocenters. The average Bonchev–Trinajstić information content (AvgIpc) is 2.88. The van der Waals surface area contributed by atoms with Crippen LogP contribution in [0.5, 0.6) is 5.75 Å². The maximum atomic E-state index is 12.6. The van der Waals surface area contributed by atoms with Gasteiger partial charge in [-0.2, -0.15) is 10.1 Å². The smallest absolute Gasteiger partial charge is 0.261 e. The summed E-state index contributed by atoms with van der Waals surface area (Å²) in [6, 6.07) is 14.5. The monoisotopic (exact) mass is 341 g/mol. The molecule has 2 aromatic rings. The minimum atomic E-state index is -0.480. The molecule has 1 aliphatic rings. The topological polar surface area (TPSA) is 54.3 Å². The summed E-state index contributed by atoms with van der Waals surface area (Å²) in [5, 5.41) is 6.22. The minimum absolute atomic E-state index is 0.123. The van der Waals surface area contributed by atoms with E-state index >= 15 is 0 Å². The normalized spacial score (nSPS) is 17.5. The standard InChI is InChI=1S/C18H16ClN3O2/c1-12-15(11-20-13-8-9-17(24-2)16(19)10-13)18(23)22(21-12)14-6-4-3-5-7-14/h3-11,15H,1-2H3/t15-/m0/s1. The van der Waals surface area contributed by atoms with E-state index in [1.165, 1.54) is 5.01 Å². The van der Waals surface area contributed by atoms with Crippen molar-refractivity contribution in [3.8, 4) is 5.75 Å². The number of rotatable bonds is 4. The Morgan fingerprint density at radius 3 is 2.67 bits per heavy atom. The number of nitrogens with zero attached hydrogens (tertiary/aromatic N) is 3. The predicted octanol–water partition coefficient (Wildman–Crippen LogP) is 4.09. The minimum Gasteiger partial charge on any atom is -0.495 e. The molecular weight excluding hydrogens is 326 g/mol. The molecule has 0 spiro atoms. The molecule has 0 aliphatic carbocycles. The van der Waals surface area contributed by atoms with Gasteiger partial charge in [-0.25, -0.2) is 0 Å². The van der Waals surface area contributed by atoms with E-state index in [9.17, 15) is 4.79 Å². The van der Waals surface area contributed by atoms with E-state index in [0.29, 0.717) is 22.2 Å². The van der Waals surface area contributed by atoms with E-state index in [2.05, 4.69) is 10.1 Å². The fraction of sp³-hybridized carbons (Fsp3) is 0.167. The van der Waals surface area contributed by atoms with Crippen LogP contribution in [0.1, 0.15) is 6.92 Å². The fourth-order valence-corrected chi connectivity index (χ4v) is 2.65. The number of amides is 1. The van der Waals surface area contributed by atoms with Gasteiger partial charge >= 0.3 is 0 Å². The number of anilines is 1. The van der Waals surface area contributed by atoms with Gasteiger partial charge in [0.1, 0.15) is 11.7 Å². The summed E-state index contributed by atoms with van der Waals surface area (Å²) in [4.78, 5) is 16.9. The lowest BCUT2D eigenvalue weighted by Gasteiger charge is -2.12. The zero-order chi connectivity index (χ0) is 17.1. The summed E-state index contributed by atoms with van der Waals surface area (Å²) < 4.78 is 5.11. The first-order valence-electron chi connectivity index (χ1n) is 7.42. The number of hydrogen-bond acceptors (Lipinski definition) is 4. The third kappa shape index (κ3) is 3.16. The first-order chi connectivity index (χ1) is 11.6. The molecule has 1 amide bonds. The summed E-state index contributed by atoms with van der Waals surface area (Å²) in [5.41, 5.74) is 2.09. The molecule has 2 aromatic carbocycles. The lowest BCUT2D eigenvalue weighted by Crippen LogP contribution is -2.27. The van der Waals surface area contributed by atoms with Gasteiger partial charge in [0.25, 0.3) is 5.91 Å². The number of benzene rings is 2. The van der Waals surface area contributed by atoms with Crippen LogP contribution in [0.3, 0.4) is 0 Å². The summed E-state index contributed by atoms with van der Waals surface area (Å²) in [6.07, 6.45) is 1.60. The van der Waals surface area contributed by atoms with Crippen LogP contribution in [0.2, 0.25) is 5.02 Å². The van der Waals surface area contributed by atoms with E-state index in [-0.39, 0.29) is 5.91 Å². The number of aliphatic imine (C=N–C) groups is 1. The molecule has 0 aromatic heterocycles. The molecule has 6 heteroatoms. The number of carbonyl (C=O) groups excluding carboxylic acids is 1. The van der Waals surface area contributed by atoms with Crippen LogP contribution in [-0.2, 0) is 4.79 Å². The molecule has 0 radical (unpaired) electrons. The van der Waals surface area contributed by atoms with E-state index in [1.54, 1.807) is 31.5 Å². The summed E-state index contributed by atoms with van der Waals surface area (Å²) in [7, 11) is 1.55. The number of hydrazone groups is 1. The van der Waals surface area contributed by atoms with Crippen LogP contribution in [-0.4, -0.2) is 24.9 Å². The predicted molar refractivity (Wildman–Crippen MR) is 96.7 cm³/mol. The molecule has 0 N–H and O–H groups in total. The molecule has 1 atom stereocenters. The van der Waals surface area contributed by atoms with Crippen molar-refractivity contribution in [2.24, 2.45) is 16.0 Å². The lowest BCUT2D eigenvalue weighted by atomic mass is 10.1. The Balaban J connectivity index is 1.80. The fourth-order valence-electron chi connectivity index (χ4n) is 2.40. The van der Waals surface area contributed by atoms with Gasteiger partial charge < -0.3 is 4.74 Å². The average molecular weight is 342 g/mol. The molecule has 1 heterocycles. The molecule has 3 rings (SSSR count). The van der Waals surface area contributed by atoms with Gasteiger partial charge in [0.05, 0.1) is 29.2 Å². The molecule has 0 saturated heterocycles. The Kier molecular flexibility index (Phi) is 4.62. The van der Waals surface area contributed by atoms with Crippen LogP contribution in [0.4, 0.5) is 11.4 Å². The first kappa shape index (κ1) is 16.2. The summed E-state index contributed by atoms with van der Waals surface area (Å²) in [6.45, 7) is 1.82. The zero-order valence-electron chi connectivity index (χ0n) is 13.3. The largest absolute Gasteiger partial charge is 0.495 e. The van der Waals surface area contributed by atoms with E-state index in [0.717, 1.165) is 5.69 Å². The highest BCUT2D eigenvalue weighted by Crippen LogP contribution is 2.29. The number of ether oxygens (including phenoxy) is 1.